The molecule has 1 atom stereocenters. The van der Waals surface area contributed by atoms with E-state index in [0.29, 0.717) is 13.1 Å². The second-order valence-electron chi connectivity index (χ2n) is 6.27. The van der Waals surface area contributed by atoms with Gasteiger partial charge in [-0.1, -0.05) is 27.7 Å². The summed E-state index contributed by atoms with van der Waals surface area (Å²) in [7, 11) is 3.88. The molecule has 0 saturated carbocycles. The van der Waals surface area contributed by atoms with Gasteiger partial charge in [0.1, 0.15) is 5.92 Å². The summed E-state index contributed by atoms with van der Waals surface area (Å²) in [4.78, 5) is 27.5. The summed E-state index contributed by atoms with van der Waals surface area (Å²) >= 11 is 0. The molecule has 0 rings (SSSR count). The lowest BCUT2D eigenvalue weighted by Gasteiger charge is -2.32. The molecule has 0 aliphatic heterocycles. The molecule has 0 aromatic heterocycles. The molecule has 0 bridgehead atoms. The van der Waals surface area contributed by atoms with Gasteiger partial charge in [-0.25, -0.2) is 0 Å². The Kier molecular flexibility index (Phi) is 7.05. The Bertz CT molecular complexity index is 308. The third kappa shape index (κ3) is 6.05. The van der Waals surface area contributed by atoms with E-state index in [0.717, 1.165) is 13.0 Å². The number of carbonyl (C=O) groups is 2. The number of carboxylic acid groups (broad SMARTS) is 1. The third-order valence-electron chi connectivity index (χ3n) is 2.98. The molecule has 0 heterocycles. The molecule has 0 radical (unpaired) electrons. The van der Waals surface area contributed by atoms with E-state index in [1.54, 1.807) is 25.7 Å². The molecule has 0 fully saturated rings. The largest absolute Gasteiger partial charge is 0.481 e. The van der Waals surface area contributed by atoms with Crippen molar-refractivity contribution < 1.29 is 14.7 Å². The van der Waals surface area contributed by atoms with Gasteiger partial charge in [-0.3, -0.25) is 9.59 Å². The zero-order valence-corrected chi connectivity index (χ0v) is 13.1. The first kappa shape index (κ1) is 17.9. The molecule has 0 aliphatic rings. The van der Waals surface area contributed by atoms with Crippen LogP contribution in [0, 0.1) is 11.3 Å². The average Bonchev–Trinajstić information content (AvgIpc) is 2.20. The fourth-order valence-corrected chi connectivity index (χ4v) is 1.95. The highest BCUT2D eigenvalue weighted by Gasteiger charge is 2.39. The van der Waals surface area contributed by atoms with Crippen molar-refractivity contribution in [3.05, 3.63) is 0 Å². The summed E-state index contributed by atoms with van der Waals surface area (Å²) < 4.78 is 0. The van der Waals surface area contributed by atoms with E-state index in [1.807, 2.05) is 25.9 Å². The van der Waals surface area contributed by atoms with Gasteiger partial charge in [0.2, 0.25) is 5.91 Å². The van der Waals surface area contributed by atoms with Gasteiger partial charge in [0.05, 0.1) is 0 Å². The standard InChI is InChI=1S/C14H28N2O3/c1-7-8-16(10-9-15(5)6)12(17)11(13(18)19)14(2,3)4/h11H,7-10H2,1-6H3,(H,18,19). The van der Waals surface area contributed by atoms with Crippen LogP contribution in [0.25, 0.3) is 0 Å². The molecule has 0 spiro atoms. The maximum absolute atomic E-state index is 12.5. The molecule has 1 N–H and O–H groups in total. The smallest absolute Gasteiger partial charge is 0.316 e. The summed E-state index contributed by atoms with van der Waals surface area (Å²) in [5, 5.41) is 9.32. The zero-order chi connectivity index (χ0) is 15.2. The van der Waals surface area contributed by atoms with Crippen molar-refractivity contribution in [1.82, 2.24) is 9.80 Å². The van der Waals surface area contributed by atoms with Crippen molar-refractivity contribution in [1.29, 1.82) is 0 Å². The van der Waals surface area contributed by atoms with Gasteiger partial charge in [0.25, 0.3) is 0 Å². The Morgan fingerprint density at radius 2 is 1.63 bits per heavy atom. The monoisotopic (exact) mass is 272 g/mol. The van der Waals surface area contributed by atoms with Crippen LogP contribution in [0.15, 0.2) is 0 Å². The van der Waals surface area contributed by atoms with Crippen LogP contribution in [-0.4, -0.2) is 60.5 Å². The molecule has 0 aromatic rings. The summed E-state index contributed by atoms with van der Waals surface area (Å²) in [6.45, 7) is 9.27. The minimum absolute atomic E-state index is 0.274. The second-order valence-corrected chi connectivity index (χ2v) is 6.27. The highest BCUT2D eigenvalue weighted by Crippen LogP contribution is 2.28. The first-order chi connectivity index (χ1) is 8.61. The molecular weight excluding hydrogens is 244 g/mol. The topological polar surface area (TPSA) is 60.9 Å². The van der Waals surface area contributed by atoms with Gasteiger partial charge in [0.15, 0.2) is 0 Å². The zero-order valence-electron chi connectivity index (χ0n) is 13.1. The van der Waals surface area contributed by atoms with E-state index in [9.17, 15) is 14.7 Å². The van der Waals surface area contributed by atoms with Crippen LogP contribution in [0.2, 0.25) is 0 Å². The van der Waals surface area contributed by atoms with Crippen molar-refractivity contribution in [3.63, 3.8) is 0 Å². The van der Waals surface area contributed by atoms with Gasteiger partial charge in [0, 0.05) is 19.6 Å². The van der Waals surface area contributed by atoms with E-state index in [1.165, 1.54) is 0 Å². The maximum Gasteiger partial charge on any atom is 0.316 e. The Balaban J connectivity index is 4.98. The van der Waals surface area contributed by atoms with Crippen molar-refractivity contribution in [2.75, 3.05) is 33.7 Å². The minimum Gasteiger partial charge on any atom is -0.481 e. The summed E-state index contributed by atoms with van der Waals surface area (Å²) in [6.07, 6.45) is 0.829. The molecule has 0 aromatic carbocycles. The van der Waals surface area contributed by atoms with Crippen molar-refractivity contribution >= 4 is 11.9 Å². The highest BCUT2D eigenvalue weighted by molar-refractivity contribution is 5.97. The van der Waals surface area contributed by atoms with E-state index < -0.39 is 17.3 Å². The Labute approximate surface area is 116 Å². The van der Waals surface area contributed by atoms with Crippen LogP contribution in [-0.2, 0) is 9.59 Å². The Morgan fingerprint density at radius 1 is 1.11 bits per heavy atom. The molecule has 5 heteroatoms. The number of carboxylic acids is 1. The second kappa shape index (κ2) is 7.48. The summed E-state index contributed by atoms with van der Waals surface area (Å²) in [6, 6.07) is 0. The number of aliphatic carboxylic acids is 1. The van der Waals surface area contributed by atoms with Crippen molar-refractivity contribution in [2.45, 2.75) is 34.1 Å². The Morgan fingerprint density at radius 3 is 1.95 bits per heavy atom. The number of carbonyl (C=O) groups excluding carboxylic acids is 1. The molecule has 0 aliphatic carbocycles. The van der Waals surface area contributed by atoms with E-state index in [4.69, 9.17) is 0 Å². The molecule has 1 unspecified atom stereocenters. The molecule has 0 saturated heterocycles. The number of likely N-dealkylation sites (N-methyl/N-ethyl adjacent to an activating group) is 1. The van der Waals surface area contributed by atoms with Crippen LogP contribution in [0.4, 0.5) is 0 Å². The highest BCUT2D eigenvalue weighted by atomic mass is 16.4. The molecule has 19 heavy (non-hydrogen) atoms. The van der Waals surface area contributed by atoms with Crippen LogP contribution >= 0.6 is 0 Å². The van der Waals surface area contributed by atoms with Crippen molar-refractivity contribution in [3.8, 4) is 0 Å². The fraction of sp³-hybridized carbons (Fsp3) is 0.857. The normalized spacial score (nSPS) is 13.4. The SMILES string of the molecule is CCCN(CCN(C)C)C(=O)C(C(=O)O)C(C)(C)C. The lowest BCUT2D eigenvalue weighted by molar-refractivity contribution is -0.156. The van der Waals surface area contributed by atoms with Gasteiger partial charge < -0.3 is 14.9 Å². The predicted octanol–water partition coefficient (Wildman–Crippen LogP) is 1.53. The lowest BCUT2D eigenvalue weighted by atomic mass is 9.80. The first-order valence-electron chi connectivity index (χ1n) is 6.77. The molecule has 112 valence electrons. The van der Waals surface area contributed by atoms with Crippen LogP contribution in [0.5, 0.6) is 0 Å². The van der Waals surface area contributed by atoms with Crippen LogP contribution < -0.4 is 0 Å². The summed E-state index contributed by atoms with van der Waals surface area (Å²) in [5.41, 5.74) is -0.576. The summed E-state index contributed by atoms with van der Waals surface area (Å²) in [5.74, 6) is -2.30. The number of hydrogen-bond donors (Lipinski definition) is 1. The van der Waals surface area contributed by atoms with Gasteiger partial charge in [-0.2, -0.15) is 0 Å². The minimum atomic E-state index is -1.04. The molecule has 5 nitrogen and oxygen atoms in total. The van der Waals surface area contributed by atoms with Crippen molar-refractivity contribution in [2.24, 2.45) is 11.3 Å². The number of hydrogen-bond acceptors (Lipinski definition) is 3. The first-order valence-corrected chi connectivity index (χ1v) is 6.77. The van der Waals surface area contributed by atoms with Gasteiger partial charge in [-0.05, 0) is 25.9 Å². The Hall–Kier alpha value is -1.10. The number of nitrogens with zero attached hydrogens (tertiary/aromatic N) is 2. The quantitative estimate of drug-likeness (QED) is 0.714. The fourth-order valence-electron chi connectivity index (χ4n) is 1.95. The van der Waals surface area contributed by atoms with Gasteiger partial charge >= 0.3 is 5.97 Å². The predicted molar refractivity (Wildman–Crippen MR) is 76.0 cm³/mol. The number of rotatable bonds is 7. The van der Waals surface area contributed by atoms with Gasteiger partial charge in [-0.15, -0.1) is 0 Å². The van der Waals surface area contributed by atoms with E-state index in [-0.39, 0.29) is 5.91 Å². The third-order valence-corrected chi connectivity index (χ3v) is 2.98. The van der Waals surface area contributed by atoms with Crippen LogP contribution in [0.1, 0.15) is 34.1 Å². The average molecular weight is 272 g/mol. The lowest BCUT2D eigenvalue weighted by Crippen LogP contribution is -2.47. The van der Waals surface area contributed by atoms with E-state index in [2.05, 4.69) is 0 Å². The van der Waals surface area contributed by atoms with E-state index >= 15 is 0 Å². The van der Waals surface area contributed by atoms with Crippen LogP contribution in [0.3, 0.4) is 0 Å². The molecular formula is C14H28N2O3. The maximum atomic E-state index is 12.5. The molecule has 1 amide bonds. The number of amides is 1.